The molecule has 0 saturated carbocycles. The molecule has 0 bridgehead atoms. The highest BCUT2D eigenvalue weighted by Crippen LogP contribution is 2.20. The van der Waals surface area contributed by atoms with Crippen molar-refractivity contribution in [1.82, 2.24) is 10.2 Å². The van der Waals surface area contributed by atoms with Gasteiger partial charge in [0.2, 0.25) is 5.91 Å². The first-order valence-electron chi connectivity index (χ1n) is 11.5. The van der Waals surface area contributed by atoms with Crippen LogP contribution in [0.5, 0.6) is 11.5 Å². The van der Waals surface area contributed by atoms with Crippen molar-refractivity contribution >= 4 is 11.8 Å². The van der Waals surface area contributed by atoms with Gasteiger partial charge in [0.05, 0.1) is 7.11 Å². The Morgan fingerprint density at radius 1 is 0.943 bits per heavy atom. The molecule has 0 aromatic heterocycles. The van der Waals surface area contributed by atoms with Crippen molar-refractivity contribution in [3.63, 3.8) is 0 Å². The average Bonchev–Trinajstić information content (AvgIpc) is 2.85. The third-order valence-electron chi connectivity index (χ3n) is 5.38. The molecule has 0 aliphatic heterocycles. The zero-order valence-electron chi connectivity index (χ0n) is 20.2. The zero-order valence-corrected chi connectivity index (χ0v) is 20.2. The smallest absolute Gasteiger partial charge is 0.261 e. The van der Waals surface area contributed by atoms with Crippen LogP contribution in [0.15, 0.2) is 78.9 Å². The van der Waals surface area contributed by atoms with Gasteiger partial charge in [-0.1, -0.05) is 54.6 Å². The van der Waals surface area contributed by atoms with E-state index >= 15 is 0 Å². The van der Waals surface area contributed by atoms with Crippen molar-refractivity contribution in [2.45, 2.75) is 38.9 Å². The van der Waals surface area contributed by atoms with Crippen LogP contribution < -0.4 is 14.8 Å². The summed E-state index contributed by atoms with van der Waals surface area (Å²) in [6.07, 6.45) is 0.314. The van der Waals surface area contributed by atoms with E-state index in [9.17, 15) is 14.0 Å². The van der Waals surface area contributed by atoms with Crippen molar-refractivity contribution in [2.75, 3.05) is 13.7 Å². The van der Waals surface area contributed by atoms with Crippen molar-refractivity contribution in [1.29, 1.82) is 0 Å². The quantitative estimate of drug-likeness (QED) is 0.444. The molecular formula is C28H31FN2O4. The minimum absolute atomic E-state index is 0.0200. The fourth-order valence-electron chi connectivity index (χ4n) is 3.69. The molecule has 1 N–H and O–H groups in total. The summed E-state index contributed by atoms with van der Waals surface area (Å²) in [7, 11) is 1.57. The molecule has 3 rings (SSSR count). The van der Waals surface area contributed by atoms with E-state index in [1.54, 1.807) is 19.2 Å². The van der Waals surface area contributed by atoms with Gasteiger partial charge >= 0.3 is 0 Å². The van der Waals surface area contributed by atoms with E-state index in [-0.39, 0.29) is 24.2 Å². The Morgan fingerprint density at radius 2 is 1.63 bits per heavy atom. The number of hydrogen-bond donors (Lipinski definition) is 1. The average molecular weight is 479 g/mol. The molecule has 6 nitrogen and oxygen atoms in total. The second-order valence-corrected chi connectivity index (χ2v) is 8.46. The molecule has 2 amide bonds. The first kappa shape index (κ1) is 25.7. The number of hydrogen-bond acceptors (Lipinski definition) is 4. The number of ether oxygens (including phenoxy) is 2. The fourth-order valence-corrected chi connectivity index (χ4v) is 3.69. The minimum atomic E-state index is -0.803. The van der Waals surface area contributed by atoms with Crippen LogP contribution in [0.3, 0.4) is 0 Å². The molecule has 0 aliphatic carbocycles. The van der Waals surface area contributed by atoms with Gasteiger partial charge in [0, 0.05) is 19.0 Å². The lowest BCUT2D eigenvalue weighted by Gasteiger charge is -2.32. The Labute approximate surface area is 205 Å². The summed E-state index contributed by atoms with van der Waals surface area (Å²) >= 11 is 0. The van der Waals surface area contributed by atoms with Gasteiger partial charge in [0.15, 0.2) is 18.2 Å². The van der Waals surface area contributed by atoms with Crippen LogP contribution in [0.2, 0.25) is 0 Å². The maximum atomic E-state index is 14.1. The Morgan fingerprint density at radius 3 is 2.31 bits per heavy atom. The van der Waals surface area contributed by atoms with Crippen molar-refractivity contribution < 1.29 is 23.5 Å². The van der Waals surface area contributed by atoms with Crippen LogP contribution in [0, 0.1) is 5.82 Å². The number of carbonyl (C=O) groups is 2. The molecule has 0 radical (unpaired) electrons. The van der Waals surface area contributed by atoms with Crippen LogP contribution in [0.4, 0.5) is 4.39 Å². The first-order valence-corrected chi connectivity index (χ1v) is 11.5. The van der Waals surface area contributed by atoms with Gasteiger partial charge in [-0.05, 0) is 49.2 Å². The third-order valence-corrected chi connectivity index (χ3v) is 5.38. The number of carbonyl (C=O) groups excluding carboxylic acids is 2. The standard InChI is InChI=1S/C28H31FN2O4/c1-20(2)30-28(33)25(17-21-10-5-4-6-11-21)31(18-22-12-9-13-23(16-22)34-3)27(32)19-35-26-15-8-7-14-24(26)29/h4-16,20,25H,17-19H2,1-3H3,(H,30,33)/t25-/m1/s1. The summed E-state index contributed by atoms with van der Waals surface area (Å²) in [6, 6.07) is 21.8. The van der Waals surface area contributed by atoms with Gasteiger partial charge in [0.1, 0.15) is 11.8 Å². The highest BCUT2D eigenvalue weighted by Gasteiger charge is 2.31. The molecule has 35 heavy (non-hydrogen) atoms. The van der Waals surface area contributed by atoms with E-state index in [0.29, 0.717) is 12.2 Å². The highest BCUT2D eigenvalue weighted by molar-refractivity contribution is 5.88. The number of nitrogens with zero attached hydrogens (tertiary/aromatic N) is 1. The molecule has 0 unspecified atom stereocenters. The summed E-state index contributed by atoms with van der Waals surface area (Å²) in [5.41, 5.74) is 1.70. The predicted octanol–water partition coefficient (Wildman–Crippen LogP) is 4.38. The van der Waals surface area contributed by atoms with Crippen LogP contribution in [0.1, 0.15) is 25.0 Å². The lowest BCUT2D eigenvalue weighted by atomic mass is 10.0. The van der Waals surface area contributed by atoms with E-state index in [2.05, 4.69) is 5.32 Å². The number of amides is 2. The van der Waals surface area contributed by atoms with E-state index in [4.69, 9.17) is 9.47 Å². The molecule has 184 valence electrons. The number of rotatable bonds is 11. The molecule has 7 heteroatoms. The lowest BCUT2D eigenvalue weighted by molar-refractivity contribution is -0.143. The van der Waals surface area contributed by atoms with E-state index in [0.717, 1.165) is 11.1 Å². The molecule has 0 spiro atoms. The Balaban J connectivity index is 1.93. The minimum Gasteiger partial charge on any atom is -0.497 e. The van der Waals surface area contributed by atoms with Gasteiger partial charge in [-0.15, -0.1) is 0 Å². The normalized spacial score (nSPS) is 11.6. The SMILES string of the molecule is COc1cccc(CN(C(=O)COc2ccccc2F)[C@H](Cc2ccccc2)C(=O)NC(C)C)c1. The monoisotopic (exact) mass is 478 g/mol. The van der Waals surface area contributed by atoms with Crippen LogP contribution in [-0.4, -0.2) is 42.5 Å². The Bertz CT molecular complexity index is 1120. The molecule has 0 fully saturated rings. The lowest BCUT2D eigenvalue weighted by Crippen LogP contribution is -2.52. The number of benzene rings is 3. The largest absolute Gasteiger partial charge is 0.497 e. The maximum absolute atomic E-state index is 14.1. The van der Waals surface area contributed by atoms with Crippen LogP contribution in [-0.2, 0) is 22.6 Å². The molecule has 3 aromatic rings. The summed E-state index contributed by atoms with van der Waals surface area (Å²) in [4.78, 5) is 28.3. The predicted molar refractivity (Wildman–Crippen MR) is 133 cm³/mol. The maximum Gasteiger partial charge on any atom is 0.261 e. The third kappa shape index (κ3) is 7.57. The van der Waals surface area contributed by atoms with Gasteiger partial charge in [0.25, 0.3) is 5.91 Å². The van der Waals surface area contributed by atoms with Crippen molar-refractivity contribution in [3.05, 3.63) is 95.8 Å². The second kappa shape index (κ2) is 12.6. The molecule has 0 saturated heterocycles. The Kier molecular flexibility index (Phi) is 9.23. The topological polar surface area (TPSA) is 67.9 Å². The van der Waals surface area contributed by atoms with Gasteiger partial charge in [-0.25, -0.2) is 4.39 Å². The van der Waals surface area contributed by atoms with Gasteiger partial charge < -0.3 is 19.7 Å². The van der Waals surface area contributed by atoms with E-state index < -0.39 is 24.4 Å². The van der Waals surface area contributed by atoms with Gasteiger partial charge in [-0.3, -0.25) is 9.59 Å². The summed E-state index contributed by atoms with van der Waals surface area (Å²) in [6.45, 7) is 3.48. The molecule has 1 atom stereocenters. The van der Waals surface area contributed by atoms with Gasteiger partial charge in [-0.2, -0.15) is 0 Å². The second-order valence-electron chi connectivity index (χ2n) is 8.46. The molecule has 0 aliphatic rings. The van der Waals surface area contributed by atoms with Crippen LogP contribution >= 0.6 is 0 Å². The van der Waals surface area contributed by atoms with Crippen LogP contribution in [0.25, 0.3) is 0 Å². The summed E-state index contributed by atoms with van der Waals surface area (Å²) < 4.78 is 24.9. The van der Waals surface area contributed by atoms with E-state index in [1.807, 2.05) is 68.4 Å². The number of para-hydroxylation sites is 1. The summed E-state index contributed by atoms with van der Waals surface area (Å²) in [5, 5.41) is 2.93. The zero-order chi connectivity index (χ0) is 25.2. The molecule has 0 heterocycles. The summed E-state index contributed by atoms with van der Waals surface area (Å²) in [5.74, 6) is -0.642. The number of halogens is 1. The highest BCUT2D eigenvalue weighted by atomic mass is 19.1. The van der Waals surface area contributed by atoms with E-state index in [1.165, 1.54) is 17.0 Å². The number of methoxy groups -OCH3 is 1. The first-order chi connectivity index (χ1) is 16.9. The van der Waals surface area contributed by atoms with Crippen molar-refractivity contribution in [2.24, 2.45) is 0 Å². The molecule has 3 aromatic carbocycles. The molecular weight excluding hydrogens is 447 g/mol. The fraction of sp³-hybridized carbons (Fsp3) is 0.286. The van der Waals surface area contributed by atoms with Crippen molar-refractivity contribution in [3.8, 4) is 11.5 Å². The Hall–Kier alpha value is -3.87. The number of nitrogens with one attached hydrogen (secondary N) is 1.